The summed E-state index contributed by atoms with van der Waals surface area (Å²) in [4.78, 5) is 8.44. The van der Waals surface area contributed by atoms with E-state index in [4.69, 9.17) is 10.6 Å². The maximum absolute atomic E-state index is 5.54. The minimum absolute atomic E-state index is 0.225. The van der Waals surface area contributed by atoms with Crippen LogP contribution in [0.25, 0.3) is 0 Å². The fourth-order valence-electron chi connectivity index (χ4n) is 1.10. The molecule has 0 fully saturated rings. The Kier molecular flexibility index (Phi) is 4.45. The van der Waals surface area contributed by atoms with Crippen LogP contribution in [0.3, 0.4) is 0 Å². The zero-order chi connectivity index (χ0) is 11.3. The van der Waals surface area contributed by atoms with E-state index in [0.717, 1.165) is 12.1 Å². The number of nitrogens with two attached hydrogens (primary N) is 1. The van der Waals surface area contributed by atoms with Crippen molar-refractivity contribution in [3.05, 3.63) is 17.6 Å². The van der Waals surface area contributed by atoms with Crippen molar-refractivity contribution in [1.82, 2.24) is 9.97 Å². The molecule has 1 aromatic heterocycles. The number of nitrogens with zero attached hydrogens (tertiary/aromatic N) is 2. The van der Waals surface area contributed by atoms with Gasteiger partial charge in [-0.25, -0.2) is 15.8 Å². The van der Waals surface area contributed by atoms with Crippen LogP contribution in [0.2, 0.25) is 0 Å². The molecule has 1 rings (SSSR count). The van der Waals surface area contributed by atoms with Gasteiger partial charge in [0, 0.05) is 11.8 Å². The molecule has 84 valence electrons. The smallest absolute Gasteiger partial charge is 0.156 e. The van der Waals surface area contributed by atoms with Gasteiger partial charge in [0.2, 0.25) is 0 Å². The molecule has 1 heterocycles. The molecule has 1 aromatic rings. The molecule has 0 saturated heterocycles. The molecule has 0 amide bonds. The van der Waals surface area contributed by atoms with Crippen LogP contribution < -0.4 is 11.3 Å². The van der Waals surface area contributed by atoms with E-state index in [2.05, 4.69) is 22.3 Å². The number of ether oxygens (including phenoxy) is 1. The third-order valence-electron chi connectivity index (χ3n) is 2.12. The predicted octanol–water partition coefficient (Wildman–Crippen LogP) is 1.39. The number of nitrogens with one attached hydrogen (secondary N) is 1. The molecule has 3 N–H and O–H groups in total. The Morgan fingerprint density at radius 2 is 2.27 bits per heavy atom. The highest BCUT2D eigenvalue weighted by molar-refractivity contribution is 5.33. The first-order valence-electron chi connectivity index (χ1n) is 5.08. The van der Waals surface area contributed by atoms with E-state index in [1.54, 1.807) is 6.07 Å². The van der Waals surface area contributed by atoms with Gasteiger partial charge in [0.25, 0.3) is 0 Å². The van der Waals surface area contributed by atoms with E-state index in [9.17, 15) is 0 Å². The summed E-state index contributed by atoms with van der Waals surface area (Å²) in [5.74, 6) is 6.56. The SMILES string of the molecule is CCC(C)OCc1nc(C)cc(NN)n1. The highest BCUT2D eigenvalue weighted by Crippen LogP contribution is 2.07. The third-order valence-corrected chi connectivity index (χ3v) is 2.12. The first-order chi connectivity index (χ1) is 7.15. The number of hydrogen-bond acceptors (Lipinski definition) is 5. The van der Waals surface area contributed by atoms with Crippen molar-refractivity contribution in [3.8, 4) is 0 Å². The molecule has 1 unspecified atom stereocenters. The second kappa shape index (κ2) is 5.63. The van der Waals surface area contributed by atoms with E-state index in [-0.39, 0.29) is 6.10 Å². The number of aromatic nitrogens is 2. The highest BCUT2D eigenvalue weighted by Gasteiger charge is 2.04. The average Bonchev–Trinajstić information content (AvgIpc) is 2.25. The zero-order valence-corrected chi connectivity index (χ0v) is 9.45. The van der Waals surface area contributed by atoms with Crippen LogP contribution in [-0.4, -0.2) is 16.1 Å². The van der Waals surface area contributed by atoms with E-state index in [1.807, 2.05) is 13.8 Å². The van der Waals surface area contributed by atoms with Gasteiger partial charge in [0.05, 0.1) is 6.10 Å². The summed E-state index contributed by atoms with van der Waals surface area (Å²) in [6.45, 7) is 6.42. The van der Waals surface area contributed by atoms with E-state index >= 15 is 0 Å². The Balaban J connectivity index is 2.64. The van der Waals surface area contributed by atoms with E-state index in [0.29, 0.717) is 18.2 Å². The highest BCUT2D eigenvalue weighted by atomic mass is 16.5. The standard InChI is InChI=1S/C10H18N4O/c1-4-8(3)15-6-10-12-7(2)5-9(13-10)14-11/h5,8H,4,6,11H2,1-3H3,(H,12,13,14). The summed E-state index contributed by atoms with van der Waals surface area (Å²) >= 11 is 0. The minimum atomic E-state index is 0.225. The number of anilines is 1. The molecule has 0 spiro atoms. The van der Waals surface area contributed by atoms with Crippen LogP contribution in [0.1, 0.15) is 31.8 Å². The van der Waals surface area contributed by atoms with E-state index < -0.39 is 0 Å². The molecule has 0 aliphatic carbocycles. The van der Waals surface area contributed by atoms with Crippen LogP contribution in [0.15, 0.2) is 6.07 Å². The molecule has 0 bridgehead atoms. The topological polar surface area (TPSA) is 73.1 Å². The summed E-state index contributed by atoms with van der Waals surface area (Å²) in [5, 5.41) is 0. The molecule has 0 aromatic carbocycles. The van der Waals surface area contributed by atoms with Crippen molar-refractivity contribution in [2.24, 2.45) is 5.84 Å². The molecular weight excluding hydrogens is 192 g/mol. The lowest BCUT2D eigenvalue weighted by molar-refractivity contribution is 0.0467. The molecule has 15 heavy (non-hydrogen) atoms. The second-order valence-electron chi connectivity index (χ2n) is 3.49. The van der Waals surface area contributed by atoms with Crippen molar-refractivity contribution in [1.29, 1.82) is 0 Å². The predicted molar refractivity (Wildman–Crippen MR) is 59.1 cm³/mol. The third kappa shape index (κ3) is 3.81. The van der Waals surface area contributed by atoms with Crippen molar-refractivity contribution >= 4 is 5.82 Å². The van der Waals surface area contributed by atoms with Crippen molar-refractivity contribution in [2.75, 3.05) is 5.43 Å². The average molecular weight is 210 g/mol. The molecule has 5 nitrogen and oxygen atoms in total. The van der Waals surface area contributed by atoms with Crippen LogP contribution in [-0.2, 0) is 11.3 Å². The minimum Gasteiger partial charge on any atom is -0.371 e. The van der Waals surface area contributed by atoms with Gasteiger partial charge in [-0.2, -0.15) is 0 Å². The second-order valence-corrected chi connectivity index (χ2v) is 3.49. The molecule has 0 aliphatic heterocycles. The molecule has 0 saturated carbocycles. The van der Waals surface area contributed by atoms with Crippen LogP contribution in [0.4, 0.5) is 5.82 Å². The number of nitrogen functional groups attached to an aromatic ring is 1. The lowest BCUT2D eigenvalue weighted by Gasteiger charge is -2.10. The summed E-state index contributed by atoms with van der Waals surface area (Å²) in [7, 11) is 0. The van der Waals surface area contributed by atoms with E-state index in [1.165, 1.54) is 0 Å². The number of hydrazine groups is 1. The van der Waals surface area contributed by atoms with Crippen LogP contribution >= 0.6 is 0 Å². The maximum Gasteiger partial charge on any atom is 0.156 e. The van der Waals surface area contributed by atoms with Gasteiger partial charge in [-0.05, 0) is 20.3 Å². The van der Waals surface area contributed by atoms with Gasteiger partial charge in [-0.3, -0.25) is 0 Å². The van der Waals surface area contributed by atoms with Crippen LogP contribution in [0, 0.1) is 6.92 Å². The fraction of sp³-hybridized carbons (Fsp3) is 0.600. The Hall–Kier alpha value is -1.20. The lowest BCUT2D eigenvalue weighted by Crippen LogP contribution is -2.13. The van der Waals surface area contributed by atoms with Gasteiger partial charge in [0.15, 0.2) is 5.82 Å². The number of hydrogen-bond donors (Lipinski definition) is 2. The monoisotopic (exact) mass is 210 g/mol. The molecule has 0 aliphatic rings. The van der Waals surface area contributed by atoms with Crippen molar-refractivity contribution in [3.63, 3.8) is 0 Å². The van der Waals surface area contributed by atoms with Crippen LogP contribution in [0.5, 0.6) is 0 Å². The quantitative estimate of drug-likeness (QED) is 0.567. The van der Waals surface area contributed by atoms with Crippen molar-refractivity contribution < 1.29 is 4.74 Å². The van der Waals surface area contributed by atoms with Gasteiger partial charge in [-0.1, -0.05) is 6.92 Å². The summed E-state index contributed by atoms with van der Waals surface area (Å²) in [5.41, 5.74) is 3.38. The lowest BCUT2D eigenvalue weighted by atomic mass is 10.3. The summed E-state index contributed by atoms with van der Waals surface area (Å²) in [6.07, 6.45) is 1.21. The van der Waals surface area contributed by atoms with Gasteiger partial charge >= 0.3 is 0 Å². The maximum atomic E-state index is 5.54. The summed E-state index contributed by atoms with van der Waals surface area (Å²) < 4.78 is 5.54. The Morgan fingerprint density at radius 3 is 2.87 bits per heavy atom. The van der Waals surface area contributed by atoms with Crippen molar-refractivity contribution in [2.45, 2.75) is 39.9 Å². The van der Waals surface area contributed by atoms with Gasteiger partial charge in [-0.15, -0.1) is 0 Å². The first kappa shape index (κ1) is 11.9. The zero-order valence-electron chi connectivity index (χ0n) is 9.45. The Morgan fingerprint density at radius 1 is 1.53 bits per heavy atom. The number of aryl methyl sites for hydroxylation is 1. The molecule has 5 heteroatoms. The fourth-order valence-corrected chi connectivity index (χ4v) is 1.10. The summed E-state index contributed by atoms with van der Waals surface area (Å²) in [6, 6.07) is 1.78. The Bertz CT molecular complexity index is 316. The number of rotatable bonds is 5. The molecule has 0 radical (unpaired) electrons. The molecular formula is C10H18N4O. The normalized spacial score (nSPS) is 12.5. The molecule has 1 atom stereocenters. The van der Waals surface area contributed by atoms with Gasteiger partial charge < -0.3 is 10.2 Å². The Labute approximate surface area is 90.0 Å². The first-order valence-corrected chi connectivity index (χ1v) is 5.08. The van der Waals surface area contributed by atoms with Gasteiger partial charge in [0.1, 0.15) is 12.4 Å². The largest absolute Gasteiger partial charge is 0.371 e.